The van der Waals surface area contributed by atoms with Crippen molar-refractivity contribution < 1.29 is 19.1 Å². The van der Waals surface area contributed by atoms with Crippen LogP contribution in [0.5, 0.6) is 0 Å². The third-order valence-electron chi connectivity index (χ3n) is 5.56. The first-order valence-electron chi connectivity index (χ1n) is 12.9. The molecule has 2 amide bonds. The van der Waals surface area contributed by atoms with E-state index in [1.165, 1.54) is 19.3 Å². The summed E-state index contributed by atoms with van der Waals surface area (Å²) in [6, 6.07) is 0. The summed E-state index contributed by atoms with van der Waals surface area (Å²) >= 11 is 0. The molecule has 0 aromatic heterocycles. The number of amides is 2. The molecule has 0 radical (unpaired) electrons. The van der Waals surface area contributed by atoms with E-state index in [1.807, 2.05) is 20.8 Å². The average molecular weight is 469 g/mol. The zero-order chi connectivity index (χ0) is 25.3. The third kappa shape index (κ3) is 20.9. The van der Waals surface area contributed by atoms with Crippen molar-refractivity contribution in [1.82, 2.24) is 10.6 Å². The van der Waals surface area contributed by atoms with Crippen LogP contribution in [0.2, 0.25) is 0 Å². The Morgan fingerprint density at radius 3 is 2.00 bits per heavy atom. The highest BCUT2D eigenvalue weighted by Crippen LogP contribution is 2.24. The summed E-state index contributed by atoms with van der Waals surface area (Å²) in [5.41, 5.74) is 0.311. The minimum atomic E-state index is -0.287. The molecule has 194 valence electrons. The van der Waals surface area contributed by atoms with Crippen LogP contribution >= 0.6 is 0 Å². The van der Waals surface area contributed by atoms with Crippen LogP contribution < -0.4 is 10.6 Å². The predicted octanol–water partition coefficient (Wildman–Crippen LogP) is 5.43. The van der Waals surface area contributed by atoms with Crippen LogP contribution in [0, 0.1) is 16.7 Å². The van der Waals surface area contributed by atoms with E-state index >= 15 is 0 Å². The SMILES string of the molecule is COCCC(=O)NCCCC[C@H](CC(=O)CC(C)(C)C)C(=O)NCCCCCCC(C)(C)C. The number of unbranched alkanes of at least 4 members (excludes halogenated alkanes) is 4. The standard InChI is InChI=1S/C27H52N2O4/c1-26(2,3)16-11-8-9-12-18-29-25(32)22(20-23(30)21-27(4,5)6)14-10-13-17-28-24(31)15-19-33-7/h22H,8-21H2,1-7H3,(H,28,31)(H,29,32)/t22-/m1/s1. The Balaban J connectivity index is 4.41. The molecule has 6 nitrogen and oxygen atoms in total. The number of methoxy groups -OCH3 is 1. The number of hydrogen-bond donors (Lipinski definition) is 2. The van der Waals surface area contributed by atoms with Crippen LogP contribution in [-0.4, -0.2) is 44.4 Å². The van der Waals surface area contributed by atoms with Crippen LogP contribution in [0.15, 0.2) is 0 Å². The summed E-state index contributed by atoms with van der Waals surface area (Å²) in [5, 5.41) is 5.94. The molecule has 6 heteroatoms. The minimum Gasteiger partial charge on any atom is -0.384 e. The normalized spacial score (nSPS) is 12.9. The summed E-state index contributed by atoms with van der Waals surface area (Å²) in [6.07, 6.45) is 9.15. The predicted molar refractivity (Wildman–Crippen MR) is 136 cm³/mol. The number of ketones is 1. The second-order valence-corrected chi connectivity index (χ2v) is 11.8. The van der Waals surface area contributed by atoms with Gasteiger partial charge in [0.1, 0.15) is 5.78 Å². The lowest BCUT2D eigenvalue weighted by Gasteiger charge is -2.20. The molecule has 0 bridgehead atoms. The molecule has 0 saturated carbocycles. The van der Waals surface area contributed by atoms with Gasteiger partial charge in [-0.05, 0) is 36.5 Å². The molecule has 33 heavy (non-hydrogen) atoms. The maximum absolute atomic E-state index is 12.8. The van der Waals surface area contributed by atoms with E-state index in [0.29, 0.717) is 50.8 Å². The summed E-state index contributed by atoms with van der Waals surface area (Å²) < 4.78 is 4.90. The number of ether oxygens (including phenoxy) is 1. The Labute approximate surface area is 203 Å². The van der Waals surface area contributed by atoms with Gasteiger partial charge in [0, 0.05) is 45.4 Å². The average Bonchev–Trinajstić information content (AvgIpc) is 2.67. The van der Waals surface area contributed by atoms with E-state index in [9.17, 15) is 14.4 Å². The molecule has 0 heterocycles. The van der Waals surface area contributed by atoms with E-state index in [2.05, 4.69) is 31.4 Å². The van der Waals surface area contributed by atoms with Crippen LogP contribution in [0.25, 0.3) is 0 Å². The van der Waals surface area contributed by atoms with Gasteiger partial charge in [-0.15, -0.1) is 0 Å². The molecule has 0 aromatic rings. The maximum atomic E-state index is 12.8. The Morgan fingerprint density at radius 1 is 0.788 bits per heavy atom. The van der Waals surface area contributed by atoms with Crippen molar-refractivity contribution in [3.63, 3.8) is 0 Å². The van der Waals surface area contributed by atoms with Gasteiger partial charge in [-0.3, -0.25) is 14.4 Å². The molecule has 0 aliphatic carbocycles. The molecule has 2 N–H and O–H groups in total. The highest BCUT2D eigenvalue weighted by molar-refractivity contribution is 5.87. The second kappa shape index (κ2) is 17.1. The fourth-order valence-corrected chi connectivity index (χ4v) is 3.78. The largest absolute Gasteiger partial charge is 0.384 e. The van der Waals surface area contributed by atoms with Crippen molar-refractivity contribution in [2.75, 3.05) is 26.8 Å². The number of nitrogens with one attached hydrogen (secondary N) is 2. The monoisotopic (exact) mass is 468 g/mol. The first-order chi connectivity index (χ1) is 15.3. The van der Waals surface area contributed by atoms with Gasteiger partial charge in [0.2, 0.25) is 11.8 Å². The van der Waals surface area contributed by atoms with Crippen molar-refractivity contribution in [1.29, 1.82) is 0 Å². The topological polar surface area (TPSA) is 84.5 Å². The number of rotatable bonds is 18. The molecule has 0 aliphatic heterocycles. The van der Waals surface area contributed by atoms with Crippen LogP contribution in [0.3, 0.4) is 0 Å². The van der Waals surface area contributed by atoms with Crippen LogP contribution in [0.1, 0.15) is 112 Å². The first-order valence-corrected chi connectivity index (χ1v) is 12.9. The van der Waals surface area contributed by atoms with E-state index in [-0.39, 0.29) is 28.9 Å². The van der Waals surface area contributed by atoms with Gasteiger partial charge >= 0.3 is 0 Å². The van der Waals surface area contributed by atoms with Gasteiger partial charge < -0.3 is 15.4 Å². The smallest absolute Gasteiger partial charge is 0.223 e. The molecular weight excluding hydrogens is 416 g/mol. The Hall–Kier alpha value is -1.43. The van der Waals surface area contributed by atoms with Crippen molar-refractivity contribution in [2.45, 2.75) is 112 Å². The van der Waals surface area contributed by atoms with Gasteiger partial charge in [-0.25, -0.2) is 0 Å². The fourth-order valence-electron chi connectivity index (χ4n) is 3.78. The maximum Gasteiger partial charge on any atom is 0.223 e. The first kappa shape index (κ1) is 31.6. The van der Waals surface area contributed by atoms with E-state index in [1.54, 1.807) is 7.11 Å². The van der Waals surface area contributed by atoms with Crippen molar-refractivity contribution in [3.8, 4) is 0 Å². The minimum absolute atomic E-state index is 0.00363. The zero-order valence-corrected chi connectivity index (χ0v) is 22.6. The van der Waals surface area contributed by atoms with Gasteiger partial charge in [-0.1, -0.05) is 67.2 Å². The number of hydrogen-bond acceptors (Lipinski definition) is 4. The highest BCUT2D eigenvalue weighted by atomic mass is 16.5. The molecule has 0 rings (SSSR count). The Bertz CT molecular complexity index is 561. The van der Waals surface area contributed by atoms with E-state index < -0.39 is 0 Å². The number of carbonyl (C=O) groups excluding carboxylic acids is 3. The molecule has 0 unspecified atom stereocenters. The molecule has 0 aliphatic rings. The highest BCUT2D eigenvalue weighted by Gasteiger charge is 2.24. The van der Waals surface area contributed by atoms with Gasteiger partial charge in [-0.2, -0.15) is 0 Å². The van der Waals surface area contributed by atoms with Crippen molar-refractivity contribution in [2.24, 2.45) is 16.7 Å². The lowest BCUT2D eigenvalue weighted by atomic mass is 9.85. The quantitative estimate of drug-likeness (QED) is 0.263. The molecule has 0 saturated heterocycles. The number of carbonyl (C=O) groups is 3. The lowest BCUT2D eigenvalue weighted by Crippen LogP contribution is -2.33. The zero-order valence-electron chi connectivity index (χ0n) is 22.6. The second-order valence-electron chi connectivity index (χ2n) is 11.8. The van der Waals surface area contributed by atoms with Gasteiger partial charge in [0.15, 0.2) is 0 Å². The molecule has 0 aromatic carbocycles. The molecular formula is C27H52N2O4. The Kier molecular flexibility index (Phi) is 16.3. The Morgan fingerprint density at radius 2 is 1.39 bits per heavy atom. The van der Waals surface area contributed by atoms with Crippen LogP contribution in [0.4, 0.5) is 0 Å². The van der Waals surface area contributed by atoms with E-state index in [0.717, 1.165) is 25.7 Å². The number of Topliss-reactive ketones (excluding diaryl/α,β-unsaturated/α-hetero) is 1. The summed E-state index contributed by atoms with van der Waals surface area (Å²) in [4.78, 5) is 37.0. The van der Waals surface area contributed by atoms with Crippen molar-refractivity contribution in [3.05, 3.63) is 0 Å². The third-order valence-corrected chi connectivity index (χ3v) is 5.56. The van der Waals surface area contributed by atoms with Gasteiger partial charge in [0.05, 0.1) is 6.61 Å². The van der Waals surface area contributed by atoms with E-state index in [4.69, 9.17) is 4.74 Å². The molecule has 0 spiro atoms. The van der Waals surface area contributed by atoms with Gasteiger partial charge in [0.25, 0.3) is 0 Å². The van der Waals surface area contributed by atoms with Crippen LogP contribution in [-0.2, 0) is 19.1 Å². The lowest BCUT2D eigenvalue weighted by molar-refractivity contribution is -0.130. The van der Waals surface area contributed by atoms with Crippen molar-refractivity contribution >= 4 is 17.6 Å². The molecule has 0 fully saturated rings. The molecule has 1 atom stereocenters. The fraction of sp³-hybridized carbons (Fsp3) is 0.889. The summed E-state index contributed by atoms with van der Waals surface area (Å²) in [7, 11) is 1.58. The summed E-state index contributed by atoms with van der Waals surface area (Å²) in [5.74, 6) is -0.160. The summed E-state index contributed by atoms with van der Waals surface area (Å²) in [6.45, 7) is 14.6.